The van der Waals surface area contributed by atoms with Gasteiger partial charge in [0.2, 0.25) is 0 Å². The summed E-state index contributed by atoms with van der Waals surface area (Å²) in [4.78, 5) is 27.0. The summed E-state index contributed by atoms with van der Waals surface area (Å²) in [6, 6.07) is 4.77. The molecule has 0 saturated heterocycles. The topological polar surface area (TPSA) is 117 Å². The molecular weight excluding hydrogens is 296 g/mol. The number of hydrogen-bond acceptors (Lipinski definition) is 6. The number of nitrogens with one attached hydrogen (secondary N) is 2. The number of rotatable bonds is 3. The lowest BCUT2D eigenvalue weighted by molar-refractivity contribution is 0.102. The maximum atomic E-state index is 12.0. The van der Waals surface area contributed by atoms with E-state index in [2.05, 4.69) is 25.2 Å². The predicted molar refractivity (Wildman–Crippen MR) is 74.8 cm³/mol. The number of carbonyl (C=O) groups is 2. The minimum Gasteiger partial charge on any atom is -0.449 e. The first-order valence-corrected chi connectivity index (χ1v) is 6.55. The average molecular weight is 304 g/mol. The fourth-order valence-electron chi connectivity index (χ4n) is 1.70. The second-order valence-electron chi connectivity index (χ2n) is 3.94. The van der Waals surface area contributed by atoms with Crippen molar-refractivity contribution in [2.75, 3.05) is 5.32 Å². The van der Waals surface area contributed by atoms with E-state index in [4.69, 9.17) is 5.11 Å². The molecule has 8 nitrogen and oxygen atoms in total. The van der Waals surface area contributed by atoms with Crippen molar-refractivity contribution in [3.05, 3.63) is 36.2 Å². The first kappa shape index (κ1) is 13.1. The molecule has 0 radical (unpaired) electrons. The summed E-state index contributed by atoms with van der Waals surface area (Å²) in [6.45, 7) is 0. The molecule has 0 aliphatic rings. The van der Waals surface area contributed by atoms with Crippen molar-refractivity contribution in [2.45, 2.75) is 0 Å². The van der Waals surface area contributed by atoms with Gasteiger partial charge in [-0.05, 0) is 12.1 Å². The first-order valence-electron chi connectivity index (χ1n) is 5.73. The van der Waals surface area contributed by atoms with Gasteiger partial charge in [0, 0.05) is 18.5 Å². The third kappa shape index (κ3) is 2.67. The van der Waals surface area contributed by atoms with Crippen molar-refractivity contribution in [2.24, 2.45) is 0 Å². The molecule has 0 bridgehead atoms. The lowest BCUT2D eigenvalue weighted by Gasteiger charge is -2.00. The van der Waals surface area contributed by atoms with Gasteiger partial charge in [-0.1, -0.05) is 11.3 Å². The number of amides is 1. The van der Waals surface area contributed by atoms with E-state index in [1.54, 1.807) is 18.3 Å². The summed E-state index contributed by atoms with van der Waals surface area (Å²) in [5.74, 6) is -0.0567. The molecule has 0 aliphatic heterocycles. The third-order valence-electron chi connectivity index (χ3n) is 2.58. The van der Waals surface area contributed by atoms with Crippen LogP contribution in [0.4, 0.5) is 10.6 Å². The molecule has 0 aromatic carbocycles. The van der Waals surface area contributed by atoms with Crippen molar-refractivity contribution >= 4 is 39.4 Å². The van der Waals surface area contributed by atoms with Gasteiger partial charge in [0.1, 0.15) is 4.83 Å². The fourth-order valence-corrected chi connectivity index (χ4v) is 2.55. The summed E-state index contributed by atoms with van der Waals surface area (Å²) in [6.07, 6.45) is 1.61. The maximum Gasteiger partial charge on any atom is 0.512 e. The van der Waals surface area contributed by atoms with Gasteiger partial charge in [0.05, 0.1) is 10.9 Å². The van der Waals surface area contributed by atoms with E-state index in [0.29, 0.717) is 21.6 Å². The summed E-state index contributed by atoms with van der Waals surface area (Å²) < 4.78 is 4.57. The van der Waals surface area contributed by atoms with Crippen molar-refractivity contribution in [1.82, 2.24) is 15.2 Å². The first-order chi connectivity index (χ1) is 10.1. The van der Waals surface area contributed by atoms with Gasteiger partial charge in [-0.25, -0.2) is 4.79 Å². The zero-order chi connectivity index (χ0) is 14.8. The van der Waals surface area contributed by atoms with Crippen LogP contribution in [-0.2, 0) is 0 Å². The Balaban J connectivity index is 1.85. The molecule has 1 amide bonds. The quantitative estimate of drug-likeness (QED) is 0.639. The molecule has 21 heavy (non-hydrogen) atoms. The second kappa shape index (κ2) is 5.21. The van der Waals surface area contributed by atoms with E-state index >= 15 is 0 Å². The minimum absolute atomic E-state index is 0.197. The van der Waals surface area contributed by atoms with Gasteiger partial charge in [0.15, 0.2) is 10.9 Å². The lowest BCUT2D eigenvalue weighted by atomic mass is 10.2. The summed E-state index contributed by atoms with van der Waals surface area (Å²) >= 11 is 1.08. The molecule has 3 N–H and O–H groups in total. The number of carboxylic acid groups (broad SMARTS) is 1. The van der Waals surface area contributed by atoms with Gasteiger partial charge in [-0.3, -0.25) is 14.9 Å². The van der Waals surface area contributed by atoms with Crippen LogP contribution in [0, 0.1) is 0 Å². The number of aromatic amines is 1. The average Bonchev–Trinajstić information content (AvgIpc) is 3.00. The van der Waals surface area contributed by atoms with E-state index < -0.39 is 6.16 Å². The Morgan fingerprint density at radius 3 is 3.00 bits per heavy atom. The van der Waals surface area contributed by atoms with Crippen molar-refractivity contribution in [3.63, 3.8) is 0 Å². The van der Waals surface area contributed by atoms with Gasteiger partial charge in [-0.2, -0.15) is 5.10 Å². The number of pyridine rings is 1. The molecular formula is C12H8N4O4S. The highest BCUT2D eigenvalue weighted by molar-refractivity contribution is 7.20. The molecule has 3 aromatic rings. The van der Waals surface area contributed by atoms with E-state index in [9.17, 15) is 9.59 Å². The highest BCUT2D eigenvalue weighted by Gasteiger charge is 2.15. The highest BCUT2D eigenvalue weighted by Crippen LogP contribution is 2.34. The SMILES string of the molecule is O=C(O)Oc1cc2c(NC(=O)c3cccnc3)n[nH]c2s1. The van der Waals surface area contributed by atoms with E-state index in [1.165, 1.54) is 12.3 Å². The molecule has 3 heterocycles. The second-order valence-corrected chi connectivity index (χ2v) is 4.96. The van der Waals surface area contributed by atoms with Crippen LogP contribution in [0.2, 0.25) is 0 Å². The zero-order valence-corrected chi connectivity index (χ0v) is 11.2. The molecule has 0 aliphatic carbocycles. The Hall–Kier alpha value is -2.94. The molecule has 0 atom stereocenters. The summed E-state index contributed by atoms with van der Waals surface area (Å²) in [5, 5.41) is 18.7. The molecule has 9 heteroatoms. The Morgan fingerprint density at radius 2 is 2.29 bits per heavy atom. The fraction of sp³-hybridized carbons (Fsp3) is 0. The number of thiophene rings is 1. The number of ether oxygens (including phenoxy) is 1. The molecule has 0 saturated carbocycles. The normalized spacial score (nSPS) is 10.5. The van der Waals surface area contributed by atoms with Crippen molar-refractivity contribution < 1.29 is 19.4 Å². The zero-order valence-electron chi connectivity index (χ0n) is 10.4. The monoisotopic (exact) mass is 304 g/mol. The van der Waals surface area contributed by atoms with Crippen LogP contribution >= 0.6 is 11.3 Å². The smallest absolute Gasteiger partial charge is 0.449 e. The van der Waals surface area contributed by atoms with Gasteiger partial charge in [0.25, 0.3) is 5.91 Å². The van der Waals surface area contributed by atoms with Crippen molar-refractivity contribution in [1.29, 1.82) is 0 Å². The maximum absolute atomic E-state index is 12.0. The van der Waals surface area contributed by atoms with E-state index in [0.717, 1.165) is 11.3 Å². The van der Waals surface area contributed by atoms with Crippen LogP contribution in [0.15, 0.2) is 30.6 Å². The molecule has 3 aromatic heterocycles. The van der Waals surface area contributed by atoms with Crippen LogP contribution in [-0.4, -0.2) is 32.4 Å². The van der Waals surface area contributed by atoms with Gasteiger partial charge < -0.3 is 15.2 Å². The number of carbonyl (C=O) groups excluding carboxylic acids is 1. The number of fused-ring (bicyclic) bond motifs is 1. The lowest BCUT2D eigenvalue weighted by Crippen LogP contribution is -2.12. The molecule has 0 spiro atoms. The van der Waals surface area contributed by atoms with E-state index in [1.807, 2.05) is 0 Å². The van der Waals surface area contributed by atoms with Crippen LogP contribution in [0.3, 0.4) is 0 Å². The van der Waals surface area contributed by atoms with Crippen LogP contribution < -0.4 is 10.1 Å². The molecule has 106 valence electrons. The Bertz CT molecular complexity index is 811. The van der Waals surface area contributed by atoms with Gasteiger partial charge in [-0.15, -0.1) is 0 Å². The molecule has 0 unspecified atom stereocenters. The van der Waals surface area contributed by atoms with Crippen LogP contribution in [0.5, 0.6) is 5.06 Å². The third-order valence-corrected chi connectivity index (χ3v) is 3.50. The number of anilines is 1. The largest absolute Gasteiger partial charge is 0.512 e. The van der Waals surface area contributed by atoms with Crippen molar-refractivity contribution in [3.8, 4) is 5.06 Å². The Kier molecular flexibility index (Phi) is 3.24. The highest BCUT2D eigenvalue weighted by atomic mass is 32.1. The number of aromatic nitrogens is 3. The van der Waals surface area contributed by atoms with Gasteiger partial charge >= 0.3 is 6.16 Å². The van der Waals surface area contributed by atoms with Crippen LogP contribution in [0.1, 0.15) is 10.4 Å². The standard InChI is InChI=1S/C12H8N4O4S/c17-10(6-2-1-3-13-5-6)14-9-7-4-8(20-12(18)19)21-11(7)16-15-9/h1-5H,(H,18,19)(H2,14,15,16,17). The predicted octanol–water partition coefficient (Wildman–Crippen LogP) is 2.33. The number of H-pyrrole nitrogens is 1. The Labute approximate surface area is 121 Å². The number of nitrogens with zero attached hydrogens (tertiary/aromatic N) is 2. The minimum atomic E-state index is -1.40. The summed E-state index contributed by atoms with van der Waals surface area (Å²) in [7, 11) is 0. The molecule has 3 rings (SSSR count). The van der Waals surface area contributed by atoms with E-state index in [-0.39, 0.29) is 11.0 Å². The molecule has 0 fully saturated rings. The summed E-state index contributed by atoms with van der Waals surface area (Å²) in [5.41, 5.74) is 0.394. The van der Waals surface area contributed by atoms with Crippen LogP contribution in [0.25, 0.3) is 10.2 Å². The number of hydrogen-bond donors (Lipinski definition) is 3. The Morgan fingerprint density at radius 1 is 1.43 bits per heavy atom.